The van der Waals surface area contributed by atoms with E-state index in [4.69, 9.17) is 8.83 Å². The van der Waals surface area contributed by atoms with Crippen LogP contribution in [0.2, 0.25) is 0 Å². The fraction of sp³-hybridized carbons (Fsp3) is 0.526. The molecule has 0 saturated heterocycles. The molecule has 44 heavy (non-hydrogen) atoms. The molecule has 6 heterocycles. The lowest BCUT2D eigenvalue weighted by molar-refractivity contribution is 0.566. The van der Waals surface area contributed by atoms with Gasteiger partial charge in [0.1, 0.15) is 11.5 Å². The van der Waals surface area contributed by atoms with E-state index in [2.05, 4.69) is 38.1 Å². The largest absolute Gasteiger partial charge is 0.463 e. The van der Waals surface area contributed by atoms with Crippen molar-refractivity contribution in [1.82, 2.24) is 0 Å². The maximum absolute atomic E-state index is 6.06. The lowest BCUT2D eigenvalue weighted by Gasteiger charge is -2.00. The molecule has 6 heteroatoms. The van der Waals surface area contributed by atoms with Crippen LogP contribution in [-0.2, 0) is 12.8 Å². The van der Waals surface area contributed by atoms with E-state index in [9.17, 15) is 0 Å². The third kappa shape index (κ3) is 7.92. The van der Waals surface area contributed by atoms with Gasteiger partial charge in [0.15, 0.2) is 0 Å². The smallest absolute Gasteiger partial charge is 0.144 e. The van der Waals surface area contributed by atoms with E-state index in [-0.39, 0.29) is 0 Å². The molecule has 0 bridgehead atoms. The van der Waals surface area contributed by atoms with Crippen molar-refractivity contribution in [3.63, 3.8) is 0 Å². The van der Waals surface area contributed by atoms with Gasteiger partial charge in [-0.1, -0.05) is 104 Å². The third-order valence-corrected chi connectivity index (χ3v) is 14.0. The highest BCUT2D eigenvalue weighted by atomic mass is 32.2. The molecule has 6 rings (SSSR count). The number of aryl methyl sites for hydroxylation is 2. The van der Waals surface area contributed by atoms with Crippen LogP contribution in [0, 0.1) is 0 Å². The predicted molar refractivity (Wildman–Crippen MR) is 198 cm³/mol. The van der Waals surface area contributed by atoms with Gasteiger partial charge >= 0.3 is 0 Å². The summed E-state index contributed by atoms with van der Waals surface area (Å²) in [5.41, 5.74) is 2.69. The van der Waals surface area contributed by atoms with Gasteiger partial charge in [-0.3, -0.25) is 0 Å². The summed E-state index contributed by atoms with van der Waals surface area (Å²) in [6.45, 7) is 4.57. The molecule has 2 nitrogen and oxygen atoms in total. The number of hydrogen-bond acceptors (Lipinski definition) is 6. The average molecular weight is 665 g/mol. The van der Waals surface area contributed by atoms with E-state index in [1.54, 1.807) is 0 Å². The number of rotatable bonds is 20. The van der Waals surface area contributed by atoms with E-state index in [1.165, 1.54) is 152 Å². The monoisotopic (exact) mass is 664 g/mol. The van der Waals surface area contributed by atoms with Crippen LogP contribution < -0.4 is 0 Å². The van der Waals surface area contributed by atoms with Crippen LogP contribution in [0.25, 0.3) is 49.5 Å². The zero-order valence-corrected chi connectivity index (χ0v) is 29.9. The minimum Gasteiger partial charge on any atom is -0.463 e. The Labute approximate surface area is 279 Å². The van der Waals surface area contributed by atoms with Crippen molar-refractivity contribution in [3.05, 3.63) is 47.9 Å². The van der Waals surface area contributed by atoms with E-state index in [0.29, 0.717) is 0 Å². The zero-order chi connectivity index (χ0) is 30.1. The number of unbranched alkanes of at least 4 members (excludes halogenated alkanes) is 14. The van der Waals surface area contributed by atoms with Crippen LogP contribution in [0.4, 0.5) is 0 Å². The van der Waals surface area contributed by atoms with Crippen molar-refractivity contribution in [3.8, 4) is 21.3 Å². The highest BCUT2D eigenvalue weighted by molar-refractivity contribution is 7.50. The number of furan rings is 2. The first-order valence-corrected chi connectivity index (χ1v) is 20.5. The van der Waals surface area contributed by atoms with Gasteiger partial charge in [-0.2, -0.15) is 0 Å². The van der Waals surface area contributed by atoms with E-state index in [1.807, 2.05) is 57.9 Å². The first-order chi connectivity index (χ1) is 21.7. The second-order valence-electron chi connectivity index (χ2n) is 12.6. The van der Waals surface area contributed by atoms with Crippen molar-refractivity contribution in [2.45, 2.75) is 129 Å². The Bertz CT molecular complexity index is 1590. The van der Waals surface area contributed by atoms with E-state index in [0.717, 1.165) is 24.4 Å². The lowest BCUT2D eigenvalue weighted by Crippen LogP contribution is -1.84. The summed E-state index contributed by atoms with van der Waals surface area (Å²) < 4.78 is 17.8. The molecule has 0 atom stereocenters. The average Bonchev–Trinajstić information content (AvgIpc) is 3.85. The number of hydrogen-bond donors (Lipinski definition) is 0. The molecule has 0 amide bonds. The second kappa shape index (κ2) is 16.1. The topological polar surface area (TPSA) is 26.3 Å². The highest BCUT2D eigenvalue weighted by Crippen LogP contribution is 2.52. The minimum absolute atomic E-state index is 1.03. The summed E-state index contributed by atoms with van der Waals surface area (Å²) in [4.78, 5) is 2.51. The highest BCUT2D eigenvalue weighted by Gasteiger charge is 2.20. The normalized spacial score (nSPS) is 12.1. The maximum atomic E-state index is 6.06. The third-order valence-electron chi connectivity index (χ3n) is 8.91. The number of thiophene rings is 4. The summed E-state index contributed by atoms with van der Waals surface area (Å²) >= 11 is 7.65. The van der Waals surface area contributed by atoms with E-state index >= 15 is 0 Å². The van der Waals surface area contributed by atoms with Crippen molar-refractivity contribution < 1.29 is 8.83 Å². The summed E-state index contributed by atoms with van der Waals surface area (Å²) in [5, 5.41) is 2.79. The van der Waals surface area contributed by atoms with Crippen molar-refractivity contribution in [2.24, 2.45) is 0 Å². The molecule has 6 aromatic heterocycles. The molecule has 0 spiro atoms. The summed E-state index contributed by atoms with van der Waals surface area (Å²) in [7, 11) is 0. The Kier molecular flexibility index (Phi) is 11.8. The number of fused-ring (bicyclic) bond motifs is 5. The molecule has 0 N–H and O–H groups in total. The van der Waals surface area contributed by atoms with Crippen molar-refractivity contribution >= 4 is 73.5 Å². The second-order valence-corrected chi connectivity index (χ2v) is 17.2. The van der Waals surface area contributed by atoms with Crippen LogP contribution in [0.1, 0.15) is 128 Å². The van der Waals surface area contributed by atoms with Crippen molar-refractivity contribution in [2.75, 3.05) is 0 Å². The molecule has 0 unspecified atom stereocenters. The van der Waals surface area contributed by atoms with Crippen molar-refractivity contribution in [1.29, 1.82) is 0 Å². The Hall–Kier alpha value is -1.86. The molecule has 0 aliphatic heterocycles. The fourth-order valence-electron chi connectivity index (χ4n) is 6.29. The van der Waals surface area contributed by atoms with Crippen LogP contribution in [0.15, 0.2) is 45.6 Å². The lowest BCUT2D eigenvalue weighted by atomic mass is 10.1. The van der Waals surface area contributed by atoms with Gasteiger partial charge < -0.3 is 8.83 Å². The predicted octanol–water partition coefficient (Wildman–Crippen LogP) is 15.3. The Balaban J connectivity index is 1.03. The first-order valence-electron chi connectivity index (χ1n) is 17.3. The summed E-state index contributed by atoms with van der Waals surface area (Å²) in [5.74, 6) is 2.06. The Morgan fingerprint density at radius 1 is 0.455 bits per heavy atom. The van der Waals surface area contributed by atoms with Gasteiger partial charge in [-0.05, 0) is 61.1 Å². The van der Waals surface area contributed by atoms with Gasteiger partial charge in [-0.25, -0.2) is 0 Å². The van der Waals surface area contributed by atoms with Gasteiger partial charge in [0, 0.05) is 10.8 Å². The van der Waals surface area contributed by atoms with Gasteiger partial charge in [-0.15, -0.1) is 45.3 Å². The van der Waals surface area contributed by atoms with Gasteiger partial charge in [0.25, 0.3) is 0 Å². The van der Waals surface area contributed by atoms with E-state index < -0.39 is 0 Å². The fourth-order valence-corrected chi connectivity index (χ4v) is 11.7. The molecule has 0 radical (unpaired) electrons. The van der Waals surface area contributed by atoms with Crippen LogP contribution >= 0.6 is 45.3 Å². The Morgan fingerprint density at radius 3 is 1.25 bits per heavy atom. The maximum Gasteiger partial charge on any atom is 0.144 e. The van der Waals surface area contributed by atoms with Crippen LogP contribution in [0.3, 0.4) is 0 Å². The van der Waals surface area contributed by atoms with Gasteiger partial charge in [0.2, 0.25) is 0 Å². The van der Waals surface area contributed by atoms with Gasteiger partial charge in [0.05, 0.1) is 39.7 Å². The first kappa shape index (κ1) is 32.1. The van der Waals surface area contributed by atoms with Crippen LogP contribution in [-0.4, -0.2) is 0 Å². The Morgan fingerprint density at radius 2 is 0.841 bits per heavy atom. The molecule has 0 aliphatic rings. The zero-order valence-electron chi connectivity index (χ0n) is 26.6. The molecule has 0 fully saturated rings. The van der Waals surface area contributed by atoms with Crippen LogP contribution in [0.5, 0.6) is 0 Å². The minimum atomic E-state index is 1.03. The SMILES string of the molecule is CCCCCCCCCCc1coc(-c2cc3c(s2)sc2c4cc(-c5cc(CCCCCCCCCC)co5)sc4sc32)c1. The molecule has 0 aliphatic carbocycles. The standard InChI is InChI=1S/C38H48O2S4/c1-3-5-7-9-11-13-15-17-19-27-21-31(39-25-27)33-23-29-35-36(43-37(29)41-33)30-24-34(42-38(30)44-35)32-22-28(26-40-32)20-18-16-14-12-10-8-6-4-2/h21-26H,3-20H2,1-2H3. The molecule has 6 aromatic rings. The molecule has 0 saturated carbocycles. The summed E-state index contributed by atoms with van der Waals surface area (Å²) in [6.07, 6.45) is 28.0. The quantitative estimate of drug-likeness (QED) is 0.0759. The molecular weight excluding hydrogens is 617 g/mol. The molecule has 236 valence electrons. The molecular formula is C38H48O2S4. The summed E-state index contributed by atoms with van der Waals surface area (Å²) in [6, 6.07) is 9.28. The molecule has 0 aromatic carbocycles.